The van der Waals surface area contributed by atoms with Crippen molar-refractivity contribution < 1.29 is 19.1 Å². The van der Waals surface area contributed by atoms with Gasteiger partial charge >= 0.3 is 6.03 Å². The number of thioether (sulfide) groups is 1. The van der Waals surface area contributed by atoms with Gasteiger partial charge in [-0.25, -0.2) is 4.79 Å². The van der Waals surface area contributed by atoms with E-state index in [0.29, 0.717) is 13.1 Å². The van der Waals surface area contributed by atoms with E-state index in [1.54, 1.807) is 37.9 Å². The quantitative estimate of drug-likeness (QED) is 0.727. The van der Waals surface area contributed by atoms with E-state index in [2.05, 4.69) is 5.32 Å². The van der Waals surface area contributed by atoms with E-state index in [4.69, 9.17) is 9.47 Å². The summed E-state index contributed by atoms with van der Waals surface area (Å²) in [5, 5.41) is 2.65. The summed E-state index contributed by atoms with van der Waals surface area (Å²) >= 11 is 1.62. The molecule has 0 saturated carbocycles. The standard InChI is InChI=1S/C21H33N3O4S/c1-8-17-18(25)24(12-11-23(5)20(26)22-21(2,3)4)19(29-17)15-13-14(27-6)9-10-16(15)28-7/h9-10,13,17,19H,8,11-12H2,1-7H3,(H,22,26)/t17-,19-/m0/s1. The minimum Gasteiger partial charge on any atom is -0.497 e. The van der Waals surface area contributed by atoms with Crippen LogP contribution in [0.3, 0.4) is 0 Å². The van der Waals surface area contributed by atoms with Crippen molar-refractivity contribution in [1.82, 2.24) is 15.1 Å². The van der Waals surface area contributed by atoms with Crippen LogP contribution in [0.5, 0.6) is 11.5 Å². The summed E-state index contributed by atoms with van der Waals surface area (Å²) in [6, 6.07) is 5.47. The number of hydrogen-bond acceptors (Lipinski definition) is 5. The number of rotatable bonds is 7. The molecule has 0 aliphatic carbocycles. The first-order valence-electron chi connectivity index (χ1n) is 9.82. The first-order chi connectivity index (χ1) is 13.6. The van der Waals surface area contributed by atoms with Gasteiger partial charge in [-0.2, -0.15) is 0 Å². The highest BCUT2D eigenvalue weighted by Gasteiger charge is 2.41. The van der Waals surface area contributed by atoms with E-state index in [0.717, 1.165) is 23.5 Å². The molecule has 2 rings (SSSR count). The number of urea groups is 1. The van der Waals surface area contributed by atoms with Gasteiger partial charge in [0.2, 0.25) is 5.91 Å². The molecule has 1 fully saturated rings. The Morgan fingerprint density at radius 3 is 2.52 bits per heavy atom. The van der Waals surface area contributed by atoms with Crippen molar-refractivity contribution >= 4 is 23.7 Å². The van der Waals surface area contributed by atoms with Gasteiger partial charge in [0.05, 0.1) is 19.5 Å². The Balaban J connectivity index is 2.22. The molecule has 1 heterocycles. The summed E-state index contributed by atoms with van der Waals surface area (Å²) in [7, 11) is 4.99. The zero-order valence-corrected chi connectivity index (χ0v) is 19.3. The maximum Gasteiger partial charge on any atom is 0.317 e. The number of likely N-dealkylation sites (N-methyl/N-ethyl adjacent to an activating group) is 1. The number of hydrogen-bond donors (Lipinski definition) is 1. The van der Waals surface area contributed by atoms with Crippen molar-refractivity contribution in [3.8, 4) is 11.5 Å². The maximum atomic E-state index is 13.0. The van der Waals surface area contributed by atoms with Gasteiger partial charge in [0.25, 0.3) is 0 Å². The van der Waals surface area contributed by atoms with Crippen molar-refractivity contribution in [2.45, 2.75) is 50.3 Å². The summed E-state index contributed by atoms with van der Waals surface area (Å²) in [6.07, 6.45) is 0.753. The van der Waals surface area contributed by atoms with Crippen LogP contribution in [0, 0.1) is 0 Å². The van der Waals surface area contributed by atoms with E-state index in [-0.39, 0.29) is 28.1 Å². The van der Waals surface area contributed by atoms with E-state index >= 15 is 0 Å². The molecule has 1 N–H and O–H groups in total. The topological polar surface area (TPSA) is 71.1 Å². The molecule has 162 valence electrons. The smallest absolute Gasteiger partial charge is 0.317 e. The Labute approximate surface area is 178 Å². The summed E-state index contributed by atoms with van der Waals surface area (Å²) in [6.45, 7) is 8.72. The lowest BCUT2D eigenvalue weighted by Crippen LogP contribution is -2.49. The van der Waals surface area contributed by atoms with Gasteiger partial charge in [-0.05, 0) is 45.4 Å². The fraction of sp³-hybridized carbons (Fsp3) is 0.619. The van der Waals surface area contributed by atoms with Crippen LogP contribution < -0.4 is 14.8 Å². The molecular formula is C21H33N3O4S. The number of benzene rings is 1. The molecule has 1 aromatic carbocycles. The van der Waals surface area contributed by atoms with E-state index in [1.165, 1.54) is 0 Å². The largest absolute Gasteiger partial charge is 0.497 e. The van der Waals surface area contributed by atoms with E-state index < -0.39 is 0 Å². The number of nitrogens with one attached hydrogen (secondary N) is 1. The first kappa shape index (κ1) is 23.2. The summed E-state index contributed by atoms with van der Waals surface area (Å²) in [4.78, 5) is 28.8. The second-order valence-corrected chi connectivity index (χ2v) is 9.41. The van der Waals surface area contributed by atoms with Gasteiger partial charge in [-0.15, -0.1) is 11.8 Å². The van der Waals surface area contributed by atoms with Crippen molar-refractivity contribution in [1.29, 1.82) is 0 Å². The molecule has 2 atom stereocenters. The van der Waals surface area contributed by atoms with Crippen molar-refractivity contribution in [3.63, 3.8) is 0 Å². The summed E-state index contributed by atoms with van der Waals surface area (Å²) < 4.78 is 10.9. The molecule has 0 bridgehead atoms. The Kier molecular flexibility index (Phi) is 7.68. The Morgan fingerprint density at radius 1 is 1.28 bits per heavy atom. The molecule has 0 unspecified atom stereocenters. The van der Waals surface area contributed by atoms with E-state index in [1.807, 2.05) is 50.8 Å². The van der Waals surface area contributed by atoms with Gasteiger partial charge in [0, 0.05) is 31.2 Å². The lowest BCUT2D eigenvalue weighted by molar-refractivity contribution is -0.130. The fourth-order valence-electron chi connectivity index (χ4n) is 3.14. The highest BCUT2D eigenvalue weighted by Crippen LogP contribution is 2.47. The number of carbonyl (C=O) groups is 2. The molecule has 0 aromatic heterocycles. The fourth-order valence-corrected chi connectivity index (χ4v) is 4.58. The molecule has 8 heteroatoms. The molecule has 1 aliphatic heterocycles. The van der Waals surface area contributed by atoms with Crippen molar-refractivity contribution in [3.05, 3.63) is 23.8 Å². The predicted molar refractivity (Wildman–Crippen MR) is 117 cm³/mol. The summed E-state index contributed by atoms with van der Waals surface area (Å²) in [5.74, 6) is 1.53. The maximum absolute atomic E-state index is 13.0. The third-order valence-corrected chi connectivity index (χ3v) is 6.34. The minimum absolute atomic E-state index is 0.0944. The average molecular weight is 424 g/mol. The third-order valence-electron chi connectivity index (χ3n) is 4.71. The molecule has 0 spiro atoms. The Morgan fingerprint density at radius 2 is 1.97 bits per heavy atom. The zero-order valence-electron chi connectivity index (χ0n) is 18.4. The molecule has 1 aliphatic rings. The second-order valence-electron chi connectivity index (χ2n) is 8.13. The number of carbonyl (C=O) groups excluding carboxylic acids is 2. The third kappa shape index (κ3) is 5.72. The molecule has 1 aromatic rings. The summed E-state index contributed by atoms with van der Waals surface area (Å²) in [5.41, 5.74) is 0.594. The van der Waals surface area contributed by atoms with E-state index in [9.17, 15) is 9.59 Å². The van der Waals surface area contributed by atoms with Gasteiger partial charge in [0.15, 0.2) is 0 Å². The number of ether oxygens (including phenoxy) is 2. The van der Waals surface area contributed by atoms with Crippen LogP contribution in [0.2, 0.25) is 0 Å². The molecule has 3 amide bonds. The van der Waals surface area contributed by atoms with Crippen LogP contribution in [0.4, 0.5) is 4.79 Å². The number of amides is 3. The first-order valence-corrected chi connectivity index (χ1v) is 10.8. The lowest BCUT2D eigenvalue weighted by Gasteiger charge is -2.29. The van der Waals surface area contributed by atoms with Crippen molar-refractivity contribution in [2.75, 3.05) is 34.4 Å². The Bertz CT molecular complexity index is 735. The minimum atomic E-state index is -0.311. The zero-order chi connectivity index (χ0) is 21.8. The number of methoxy groups -OCH3 is 2. The van der Waals surface area contributed by atoms with Crippen LogP contribution in [-0.2, 0) is 4.79 Å². The number of nitrogens with zero attached hydrogens (tertiary/aromatic N) is 2. The monoisotopic (exact) mass is 423 g/mol. The van der Waals surface area contributed by atoms with Gasteiger partial charge in [-0.1, -0.05) is 6.92 Å². The lowest BCUT2D eigenvalue weighted by atomic mass is 10.1. The van der Waals surface area contributed by atoms with Crippen LogP contribution in [0.25, 0.3) is 0 Å². The highest BCUT2D eigenvalue weighted by atomic mass is 32.2. The van der Waals surface area contributed by atoms with Crippen LogP contribution in [0.15, 0.2) is 18.2 Å². The molecule has 1 saturated heterocycles. The van der Waals surface area contributed by atoms with Crippen LogP contribution in [-0.4, -0.2) is 66.9 Å². The average Bonchev–Trinajstić information content (AvgIpc) is 2.99. The van der Waals surface area contributed by atoms with Gasteiger partial charge < -0.3 is 24.6 Å². The van der Waals surface area contributed by atoms with Gasteiger partial charge in [0.1, 0.15) is 16.9 Å². The molecule has 29 heavy (non-hydrogen) atoms. The van der Waals surface area contributed by atoms with Crippen LogP contribution in [0.1, 0.15) is 45.1 Å². The highest BCUT2D eigenvalue weighted by molar-refractivity contribution is 8.01. The SMILES string of the molecule is CC[C@@H]1S[C@@H](c2cc(OC)ccc2OC)N(CCN(C)C(=O)NC(C)(C)C)C1=O. The van der Waals surface area contributed by atoms with Crippen molar-refractivity contribution in [2.24, 2.45) is 0 Å². The van der Waals surface area contributed by atoms with Gasteiger partial charge in [-0.3, -0.25) is 4.79 Å². The van der Waals surface area contributed by atoms with Crippen LogP contribution >= 0.6 is 11.8 Å². The Hall–Kier alpha value is -2.09. The second kappa shape index (κ2) is 9.61. The predicted octanol–water partition coefficient (Wildman–Crippen LogP) is 3.50. The molecule has 0 radical (unpaired) electrons. The molecule has 7 nitrogen and oxygen atoms in total. The normalized spacial score (nSPS) is 19.3. The molecular weight excluding hydrogens is 390 g/mol.